The van der Waals surface area contributed by atoms with E-state index in [2.05, 4.69) is 12.2 Å². The van der Waals surface area contributed by atoms with Crippen molar-refractivity contribution in [2.75, 3.05) is 25.4 Å². The third-order valence-corrected chi connectivity index (χ3v) is 4.82. The van der Waals surface area contributed by atoms with Gasteiger partial charge in [-0.05, 0) is 31.4 Å². The van der Waals surface area contributed by atoms with Crippen molar-refractivity contribution in [3.05, 3.63) is 29.8 Å². The van der Waals surface area contributed by atoms with E-state index in [0.29, 0.717) is 17.9 Å². The molecule has 0 aromatic heterocycles. The first-order chi connectivity index (χ1) is 10.7. The fraction of sp³-hybridized carbons (Fsp3) is 0.529. The van der Waals surface area contributed by atoms with Gasteiger partial charge in [0, 0.05) is 24.5 Å². The van der Waals surface area contributed by atoms with Crippen molar-refractivity contribution in [3.8, 4) is 0 Å². The molecule has 0 aliphatic carbocycles. The Morgan fingerprint density at radius 3 is 2.68 bits per heavy atom. The Morgan fingerprint density at radius 1 is 1.23 bits per heavy atom. The fourth-order valence-corrected chi connectivity index (χ4v) is 3.40. The number of benzene rings is 1. The molecule has 0 saturated carbocycles. The molecule has 22 heavy (non-hydrogen) atoms. The van der Waals surface area contributed by atoms with Gasteiger partial charge in [-0.1, -0.05) is 25.5 Å². The number of carbonyl (C=O) groups is 2. The Balaban J connectivity index is 1.92. The lowest BCUT2D eigenvalue weighted by atomic mass is 10.2. The minimum atomic E-state index is -0.0508. The molecule has 4 nitrogen and oxygen atoms in total. The first-order valence-corrected chi connectivity index (χ1v) is 8.98. The van der Waals surface area contributed by atoms with Gasteiger partial charge in [0.25, 0.3) is 5.91 Å². The lowest BCUT2D eigenvalue weighted by molar-refractivity contribution is -0.127. The Kier molecular flexibility index (Phi) is 6.77. The lowest BCUT2D eigenvalue weighted by Crippen LogP contribution is -2.29. The highest BCUT2D eigenvalue weighted by Gasteiger charge is 2.19. The predicted octanol–water partition coefficient (Wildman–Crippen LogP) is 2.93. The van der Waals surface area contributed by atoms with Crippen LogP contribution < -0.4 is 5.32 Å². The zero-order chi connectivity index (χ0) is 15.8. The van der Waals surface area contributed by atoms with Crippen LogP contribution in [-0.4, -0.2) is 42.1 Å². The number of nitrogens with zero attached hydrogens (tertiary/aromatic N) is 1. The summed E-state index contributed by atoms with van der Waals surface area (Å²) in [5, 5.41) is 2.94. The minimum Gasteiger partial charge on any atom is -0.352 e. The molecular formula is C17H24N2O2S. The van der Waals surface area contributed by atoms with E-state index in [1.807, 2.05) is 29.2 Å². The molecule has 2 rings (SSSR count). The summed E-state index contributed by atoms with van der Waals surface area (Å²) >= 11 is 1.46. The highest BCUT2D eigenvalue weighted by Crippen LogP contribution is 2.23. The monoisotopic (exact) mass is 320 g/mol. The summed E-state index contributed by atoms with van der Waals surface area (Å²) < 4.78 is 0. The van der Waals surface area contributed by atoms with Gasteiger partial charge in [-0.2, -0.15) is 0 Å². The molecule has 1 aliphatic heterocycles. The van der Waals surface area contributed by atoms with E-state index in [-0.39, 0.29) is 11.8 Å². The summed E-state index contributed by atoms with van der Waals surface area (Å²) in [7, 11) is 0. The Labute approximate surface area is 136 Å². The summed E-state index contributed by atoms with van der Waals surface area (Å²) in [6, 6.07) is 7.51. The topological polar surface area (TPSA) is 49.4 Å². The average Bonchev–Trinajstić information content (AvgIpc) is 3.07. The van der Waals surface area contributed by atoms with Crippen LogP contribution in [-0.2, 0) is 4.79 Å². The molecule has 1 fully saturated rings. The summed E-state index contributed by atoms with van der Waals surface area (Å²) in [5.74, 6) is 0.521. The number of unbranched alkanes of at least 4 members (excludes halogenated alkanes) is 1. The van der Waals surface area contributed by atoms with E-state index >= 15 is 0 Å². The number of likely N-dealkylation sites (tertiary alicyclic amines) is 1. The van der Waals surface area contributed by atoms with E-state index in [1.165, 1.54) is 11.8 Å². The minimum absolute atomic E-state index is 0.0508. The van der Waals surface area contributed by atoms with Crippen LogP contribution in [0.4, 0.5) is 0 Å². The zero-order valence-electron chi connectivity index (χ0n) is 13.1. The van der Waals surface area contributed by atoms with Gasteiger partial charge in [0.1, 0.15) is 0 Å². The second kappa shape index (κ2) is 8.83. The number of nitrogens with one attached hydrogen (secondary N) is 1. The van der Waals surface area contributed by atoms with E-state index in [1.54, 1.807) is 0 Å². The molecule has 1 aromatic carbocycles. The molecule has 120 valence electrons. The van der Waals surface area contributed by atoms with Crippen molar-refractivity contribution < 1.29 is 9.59 Å². The molecule has 1 N–H and O–H groups in total. The van der Waals surface area contributed by atoms with Crippen LogP contribution >= 0.6 is 11.8 Å². The number of hydrogen-bond donors (Lipinski definition) is 1. The molecule has 2 amide bonds. The Hall–Kier alpha value is -1.49. The molecule has 0 atom stereocenters. The van der Waals surface area contributed by atoms with Crippen LogP contribution in [0.1, 0.15) is 43.0 Å². The van der Waals surface area contributed by atoms with Crippen LogP contribution in [0.25, 0.3) is 0 Å². The van der Waals surface area contributed by atoms with Gasteiger partial charge in [0.15, 0.2) is 0 Å². The van der Waals surface area contributed by atoms with Gasteiger partial charge in [0.05, 0.1) is 11.3 Å². The number of amides is 2. The van der Waals surface area contributed by atoms with E-state index in [9.17, 15) is 9.59 Å². The first-order valence-electron chi connectivity index (χ1n) is 8.00. The van der Waals surface area contributed by atoms with Crippen molar-refractivity contribution in [1.82, 2.24) is 10.2 Å². The van der Waals surface area contributed by atoms with Crippen molar-refractivity contribution in [1.29, 1.82) is 0 Å². The van der Waals surface area contributed by atoms with E-state index in [4.69, 9.17) is 0 Å². The molecule has 0 bridgehead atoms. The molecular weight excluding hydrogens is 296 g/mol. The molecule has 1 aromatic rings. The molecule has 1 saturated heterocycles. The van der Waals surface area contributed by atoms with Crippen LogP contribution in [0.2, 0.25) is 0 Å². The van der Waals surface area contributed by atoms with E-state index in [0.717, 1.165) is 43.7 Å². The molecule has 0 radical (unpaired) electrons. The maximum atomic E-state index is 12.2. The standard InChI is InChI=1S/C17H24N2O2S/c1-2-3-10-18-17(21)14-8-4-5-9-15(14)22-13-16(20)19-11-6-7-12-19/h4-5,8-9H,2-3,6-7,10-13H2,1H3,(H,18,21). The highest BCUT2D eigenvalue weighted by molar-refractivity contribution is 8.00. The van der Waals surface area contributed by atoms with Crippen molar-refractivity contribution in [3.63, 3.8) is 0 Å². The van der Waals surface area contributed by atoms with Gasteiger partial charge in [-0.3, -0.25) is 9.59 Å². The Bertz CT molecular complexity index is 513. The average molecular weight is 320 g/mol. The number of carbonyl (C=O) groups excluding carboxylic acids is 2. The second-order valence-electron chi connectivity index (χ2n) is 5.48. The second-order valence-corrected chi connectivity index (χ2v) is 6.50. The van der Waals surface area contributed by atoms with Gasteiger partial charge in [-0.15, -0.1) is 11.8 Å². The van der Waals surface area contributed by atoms with Crippen molar-refractivity contribution in [2.24, 2.45) is 0 Å². The largest absolute Gasteiger partial charge is 0.352 e. The SMILES string of the molecule is CCCCNC(=O)c1ccccc1SCC(=O)N1CCCC1. The quantitative estimate of drug-likeness (QED) is 0.621. The van der Waals surface area contributed by atoms with Gasteiger partial charge >= 0.3 is 0 Å². The third kappa shape index (κ3) is 4.77. The van der Waals surface area contributed by atoms with Gasteiger partial charge in [0.2, 0.25) is 5.91 Å². The summed E-state index contributed by atoms with van der Waals surface area (Å²) in [4.78, 5) is 27.1. The maximum absolute atomic E-state index is 12.2. The Morgan fingerprint density at radius 2 is 1.95 bits per heavy atom. The molecule has 0 spiro atoms. The smallest absolute Gasteiger partial charge is 0.252 e. The van der Waals surface area contributed by atoms with Crippen LogP contribution in [0.15, 0.2) is 29.2 Å². The maximum Gasteiger partial charge on any atom is 0.252 e. The molecule has 1 aliphatic rings. The molecule has 5 heteroatoms. The number of rotatable bonds is 7. The van der Waals surface area contributed by atoms with Gasteiger partial charge < -0.3 is 10.2 Å². The molecule has 0 unspecified atom stereocenters. The highest BCUT2D eigenvalue weighted by atomic mass is 32.2. The number of thioether (sulfide) groups is 1. The first kappa shape index (κ1) is 16.9. The van der Waals surface area contributed by atoms with Crippen LogP contribution in [0.3, 0.4) is 0 Å². The normalized spacial score (nSPS) is 14.1. The summed E-state index contributed by atoms with van der Waals surface area (Å²) in [6.07, 6.45) is 4.25. The van der Waals surface area contributed by atoms with Gasteiger partial charge in [-0.25, -0.2) is 0 Å². The third-order valence-electron chi connectivity index (χ3n) is 3.76. The summed E-state index contributed by atoms with van der Waals surface area (Å²) in [5.41, 5.74) is 0.665. The summed E-state index contributed by atoms with van der Waals surface area (Å²) in [6.45, 7) is 4.54. The van der Waals surface area contributed by atoms with Crippen LogP contribution in [0.5, 0.6) is 0 Å². The molecule has 1 heterocycles. The van der Waals surface area contributed by atoms with Crippen LogP contribution in [0, 0.1) is 0 Å². The predicted molar refractivity (Wildman–Crippen MR) is 90.2 cm³/mol. The lowest BCUT2D eigenvalue weighted by Gasteiger charge is -2.15. The van der Waals surface area contributed by atoms with E-state index < -0.39 is 0 Å². The fourth-order valence-electron chi connectivity index (χ4n) is 2.45. The number of hydrogen-bond acceptors (Lipinski definition) is 3. The van der Waals surface area contributed by atoms with Crippen molar-refractivity contribution >= 4 is 23.6 Å². The van der Waals surface area contributed by atoms with Crippen molar-refractivity contribution in [2.45, 2.75) is 37.5 Å². The zero-order valence-corrected chi connectivity index (χ0v) is 14.0.